The lowest BCUT2D eigenvalue weighted by atomic mass is 9.68. The van der Waals surface area contributed by atoms with Crippen LogP contribution in [0.25, 0.3) is 22.1 Å². The maximum atomic E-state index is 10.0. The van der Waals surface area contributed by atoms with Gasteiger partial charge in [-0.15, -0.1) is 0 Å². The summed E-state index contributed by atoms with van der Waals surface area (Å²) in [5.74, 6) is -1.68. The molecule has 2 aromatic rings. The molecule has 2 aliphatic rings. The van der Waals surface area contributed by atoms with Crippen LogP contribution in [0.2, 0.25) is 0 Å². The third kappa shape index (κ3) is 1.67. The van der Waals surface area contributed by atoms with Gasteiger partial charge in [-0.1, -0.05) is 43.3 Å². The highest BCUT2D eigenvalue weighted by molar-refractivity contribution is 6.14. The van der Waals surface area contributed by atoms with Crippen LogP contribution in [0.1, 0.15) is 18.1 Å². The number of methoxy groups -OCH3 is 2. The zero-order chi connectivity index (χ0) is 17.8. The van der Waals surface area contributed by atoms with Crippen molar-refractivity contribution in [2.24, 2.45) is 11.3 Å². The summed E-state index contributed by atoms with van der Waals surface area (Å²) in [6.07, 6.45) is 0. The van der Waals surface area contributed by atoms with E-state index in [1.54, 1.807) is 6.92 Å². The number of hydrogen-bond donors (Lipinski definition) is 0. The summed E-state index contributed by atoms with van der Waals surface area (Å²) in [4.78, 5) is 0. The molecule has 124 valence electrons. The van der Waals surface area contributed by atoms with Gasteiger partial charge in [0.25, 0.3) is 0 Å². The lowest BCUT2D eigenvalue weighted by molar-refractivity contribution is -0.369. The average molecular weight is 332 g/mol. The van der Waals surface area contributed by atoms with E-state index in [2.05, 4.69) is 12.1 Å². The van der Waals surface area contributed by atoms with E-state index in [1.807, 2.05) is 36.4 Å². The number of hydrogen-bond acceptors (Lipinski definition) is 5. The van der Waals surface area contributed by atoms with Crippen LogP contribution in [0, 0.1) is 34.0 Å². The van der Waals surface area contributed by atoms with Crippen molar-refractivity contribution in [1.82, 2.24) is 0 Å². The minimum atomic E-state index is -1.51. The quantitative estimate of drug-likeness (QED) is 0.784. The molecule has 0 saturated carbocycles. The Hall–Kier alpha value is -2.86. The molecule has 0 N–H and O–H groups in total. The molecule has 5 heteroatoms. The van der Waals surface area contributed by atoms with Gasteiger partial charge < -0.3 is 14.2 Å². The molecule has 0 bridgehead atoms. The Morgan fingerprint density at radius 3 is 2.16 bits per heavy atom. The van der Waals surface area contributed by atoms with E-state index < -0.39 is 17.3 Å². The van der Waals surface area contributed by atoms with E-state index in [4.69, 9.17) is 14.2 Å². The summed E-state index contributed by atoms with van der Waals surface area (Å²) < 4.78 is 17.2. The molecule has 1 aliphatic carbocycles. The lowest BCUT2D eigenvalue weighted by Crippen LogP contribution is -2.53. The van der Waals surface area contributed by atoms with Crippen molar-refractivity contribution in [3.8, 4) is 12.1 Å². The van der Waals surface area contributed by atoms with Crippen LogP contribution in [0.5, 0.6) is 0 Å². The Morgan fingerprint density at radius 2 is 1.60 bits per heavy atom. The van der Waals surface area contributed by atoms with Crippen LogP contribution < -0.4 is 0 Å². The fourth-order valence-electron chi connectivity index (χ4n) is 4.06. The Labute approximate surface area is 145 Å². The zero-order valence-corrected chi connectivity index (χ0v) is 14.2. The maximum Gasteiger partial charge on any atom is 0.332 e. The number of ether oxygens (including phenoxy) is 3. The predicted molar refractivity (Wildman–Crippen MR) is 91.4 cm³/mol. The third-order valence-electron chi connectivity index (χ3n) is 5.39. The van der Waals surface area contributed by atoms with Crippen molar-refractivity contribution >= 4 is 22.1 Å². The number of allylic oxidation sites excluding steroid dienone is 1. The molecule has 0 radical (unpaired) electrons. The Bertz CT molecular complexity index is 987. The van der Waals surface area contributed by atoms with Gasteiger partial charge in [0.2, 0.25) is 0 Å². The second-order valence-electron chi connectivity index (χ2n) is 6.28. The molecule has 2 aromatic carbocycles. The molecule has 1 unspecified atom stereocenters. The molecule has 1 atom stereocenters. The van der Waals surface area contributed by atoms with Crippen molar-refractivity contribution in [2.45, 2.75) is 12.9 Å². The summed E-state index contributed by atoms with van der Waals surface area (Å²) in [5, 5.41) is 22.1. The molecule has 1 aliphatic heterocycles. The maximum absolute atomic E-state index is 10.0. The van der Waals surface area contributed by atoms with Crippen molar-refractivity contribution in [2.75, 3.05) is 14.2 Å². The number of rotatable bonds is 2. The third-order valence-corrected chi connectivity index (χ3v) is 5.39. The van der Waals surface area contributed by atoms with Crippen LogP contribution in [0.15, 0.2) is 36.4 Å². The highest BCUT2D eigenvalue weighted by atomic mass is 16.9. The molecular formula is C20H16N2O3. The molecule has 0 spiro atoms. The van der Waals surface area contributed by atoms with Gasteiger partial charge in [0.1, 0.15) is 5.76 Å². The van der Waals surface area contributed by atoms with Gasteiger partial charge in [-0.05, 0) is 10.9 Å². The largest absolute Gasteiger partial charge is 0.438 e. The van der Waals surface area contributed by atoms with Crippen LogP contribution in [0.4, 0.5) is 0 Å². The first-order valence-electron chi connectivity index (χ1n) is 7.97. The molecule has 0 aromatic heterocycles. The highest BCUT2D eigenvalue weighted by Crippen LogP contribution is 2.59. The van der Waals surface area contributed by atoms with Crippen LogP contribution in [-0.2, 0) is 14.2 Å². The normalized spacial score (nSPS) is 22.0. The first-order valence-corrected chi connectivity index (χ1v) is 7.97. The summed E-state index contributed by atoms with van der Waals surface area (Å²) in [6.45, 7) is 1.74. The van der Waals surface area contributed by atoms with Crippen molar-refractivity contribution in [3.63, 3.8) is 0 Å². The Balaban J connectivity index is 2.13. The molecule has 5 nitrogen and oxygen atoms in total. The van der Waals surface area contributed by atoms with Gasteiger partial charge in [0.15, 0.2) is 5.41 Å². The van der Waals surface area contributed by atoms with Crippen LogP contribution in [0.3, 0.4) is 0 Å². The summed E-state index contributed by atoms with van der Waals surface area (Å²) in [7, 11) is 2.90. The van der Waals surface area contributed by atoms with E-state index in [0.717, 1.165) is 21.9 Å². The van der Waals surface area contributed by atoms with E-state index in [0.29, 0.717) is 11.3 Å². The Morgan fingerprint density at radius 1 is 1.00 bits per heavy atom. The topological polar surface area (TPSA) is 75.3 Å². The van der Waals surface area contributed by atoms with E-state index in [-0.39, 0.29) is 0 Å². The lowest BCUT2D eigenvalue weighted by Gasteiger charge is -2.45. The minimum absolute atomic E-state index is 0.483. The van der Waals surface area contributed by atoms with Gasteiger partial charge in [0, 0.05) is 30.7 Å². The van der Waals surface area contributed by atoms with Crippen molar-refractivity contribution in [1.29, 1.82) is 10.5 Å². The SMILES string of the molecule is COC1(OC)OC2=C(c3cccc4cccc2c34)C(C#N)(C#N)C1C. The summed E-state index contributed by atoms with van der Waals surface area (Å²) >= 11 is 0. The van der Waals surface area contributed by atoms with Gasteiger partial charge in [-0.25, -0.2) is 0 Å². The van der Waals surface area contributed by atoms with Gasteiger partial charge in [-0.2, -0.15) is 10.5 Å². The monoisotopic (exact) mass is 332 g/mol. The van der Waals surface area contributed by atoms with Gasteiger partial charge in [-0.3, -0.25) is 0 Å². The average Bonchev–Trinajstić information content (AvgIpc) is 2.98. The van der Waals surface area contributed by atoms with E-state index in [1.165, 1.54) is 14.2 Å². The van der Waals surface area contributed by atoms with Crippen LogP contribution >= 0.6 is 0 Å². The minimum Gasteiger partial charge on any atom is -0.438 e. The molecule has 4 rings (SSSR count). The number of nitriles is 2. The van der Waals surface area contributed by atoms with Crippen molar-refractivity contribution in [3.05, 3.63) is 47.5 Å². The van der Waals surface area contributed by atoms with Gasteiger partial charge in [0.05, 0.1) is 18.1 Å². The molecular weight excluding hydrogens is 316 g/mol. The highest BCUT2D eigenvalue weighted by Gasteiger charge is 2.61. The van der Waals surface area contributed by atoms with Gasteiger partial charge >= 0.3 is 5.97 Å². The first-order chi connectivity index (χ1) is 12.1. The second kappa shape index (κ2) is 5.07. The molecule has 25 heavy (non-hydrogen) atoms. The number of benzene rings is 2. The fourth-order valence-corrected chi connectivity index (χ4v) is 4.06. The smallest absolute Gasteiger partial charge is 0.332 e. The molecule has 0 saturated heterocycles. The first kappa shape index (κ1) is 15.7. The molecule has 0 fully saturated rings. The van der Waals surface area contributed by atoms with Crippen LogP contribution in [-0.4, -0.2) is 20.2 Å². The number of nitrogens with zero attached hydrogens (tertiary/aromatic N) is 2. The fraction of sp³-hybridized carbons (Fsp3) is 0.300. The summed E-state index contributed by atoms with van der Waals surface area (Å²) in [6, 6.07) is 16.2. The molecule has 1 heterocycles. The Kier molecular flexibility index (Phi) is 3.17. The van der Waals surface area contributed by atoms with E-state index >= 15 is 0 Å². The van der Waals surface area contributed by atoms with E-state index in [9.17, 15) is 10.5 Å². The summed E-state index contributed by atoms with van der Waals surface area (Å²) in [5.41, 5.74) is 0.858. The number of fused-ring (bicyclic) bond motifs is 2. The molecule has 0 amide bonds. The zero-order valence-electron chi connectivity index (χ0n) is 14.2. The van der Waals surface area contributed by atoms with Crippen molar-refractivity contribution < 1.29 is 14.2 Å². The second-order valence-corrected chi connectivity index (χ2v) is 6.28. The predicted octanol–water partition coefficient (Wildman–Crippen LogP) is 3.67. The standard InChI is InChI=1S/C20H16N2O3/c1-12-19(10-21,11-22)17-14-8-4-6-13-7-5-9-15(16(13)14)18(17)25-20(12,23-2)24-3/h4-9,12H,1-3H3.